The molecule has 4 rings (SSSR count). The second kappa shape index (κ2) is 8.96. The molecule has 0 aliphatic rings. The van der Waals surface area contributed by atoms with Crippen LogP contribution in [0.15, 0.2) is 71.5 Å². The predicted molar refractivity (Wildman–Crippen MR) is 122 cm³/mol. The van der Waals surface area contributed by atoms with E-state index in [0.717, 1.165) is 12.1 Å². The van der Waals surface area contributed by atoms with Gasteiger partial charge < -0.3 is 4.98 Å². The standard InChI is InChI=1S/C25H14Cl2F2N2O/c26-16-8-6-15(7-9-16)23-24(17-3-1-2-4-19(17)27)31-22(18(13-30)25(23)32)12-14-5-10-20(28)21(29)11-14/h1-11H,12H2,(H,31,32). The number of nitrogens with one attached hydrogen (secondary N) is 1. The van der Waals surface area contributed by atoms with Crippen LogP contribution in [0.1, 0.15) is 16.8 Å². The van der Waals surface area contributed by atoms with Crippen LogP contribution < -0.4 is 5.43 Å². The fourth-order valence-corrected chi connectivity index (χ4v) is 3.87. The fraction of sp³-hybridized carbons (Fsp3) is 0.0400. The molecule has 0 atom stereocenters. The lowest BCUT2D eigenvalue weighted by atomic mass is 9.94. The highest BCUT2D eigenvalue weighted by Crippen LogP contribution is 2.34. The molecule has 4 aromatic rings. The quantitative estimate of drug-likeness (QED) is 0.361. The molecule has 32 heavy (non-hydrogen) atoms. The van der Waals surface area contributed by atoms with E-state index < -0.39 is 17.1 Å². The highest BCUT2D eigenvalue weighted by atomic mass is 35.5. The first-order valence-electron chi connectivity index (χ1n) is 9.53. The molecule has 0 radical (unpaired) electrons. The molecule has 0 spiro atoms. The number of aromatic nitrogens is 1. The van der Waals surface area contributed by atoms with Crippen molar-refractivity contribution in [1.82, 2.24) is 4.98 Å². The molecular formula is C25H14Cl2F2N2O. The van der Waals surface area contributed by atoms with Crippen LogP contribution in [-0.4, -0.2) is 4.98 Å². The average Bonchev–Trinajstić information content (AvgIpc) is 2.77. The fourth-order valence-electron chi connectivity index (χ4n) is 3.51. The van der Waals surface area contributed by atoms with Gasteiger partial charge in [0, 0.05) is 27.7 Å². The number of hydrogen-bond acceptors (Lipinski definition) is 2. The molecule has 0 amide bonds. The van der Waals surface area contributed by atoms with E-state index in [-0.39, 0.29) is 23.2 Å². The lowest BCUT2D eigenvalue weighted by Gasteiger charge is -2.15. The molecule has 3 nitrogen and oxygen atoms in total. The largest absolute Gasteiger partial charge is 0.356 e. The number of halogens is 4. The third-order valence-corrected chi connectivity index (χ3v) is 5.62. The molecule has 1 heterocycles. The second-order valence-electron chi connectivity index (χ2n) is 7.08. The Morgan fingerprint density at radius 1 is 0.938 bits per heavy atom. The van der Waals surface area contributed by atoms with Gasteiger partial charge in [-0.2, -0.15) is 5.26 Å². The number of H-pyrrole nitrogens is 1. The number of hydrogen-bond donors (Lipinski definition) is 1. The van der Waals surface area contributed by atoms with Crippen LogP contribution in [0.4, 0.5) is 8.78 Å². The number of pyridine rings is 1. The van der Waals surface area contributed by atoms with Crippen LogP contribution >= 0.6 is 23.2 Å². The maximum atomic E-state index is 13.7. The van der Waals surface area contributed by atoms with E-state index >= 15 is 0 Å². The minimum absolute atomic E-state index is 0.0215. The summed E-state index contributed by atoms with van der Waals surface area (Å²) in [5.41, 5.74) is 1.86. The molecule has 0 aliphatic carbocycles. The van der Waals surface area contributed by atoms with Gasteiger partial charge in [-0.15, -0.1) is 0 Å². The van der Waals surface area contributed by atoms with Crippen LogP contribution in [-0.2, 0) is 6.42 Å². The Kier molecular flexibility index (Phi) is 6.09. The highest BCUT2D eigenvalue weighted by Gasteiger charge is 2.21. The lowest BCUT2D eigenvalue weighted by molar-refractivity contribution is 0.507. The van der Waals surface area contributed by atoms with Gasteiger partial charge in [0.15, 0.2) is 11.6 Å². The Bertz CT molecular complexity index is 1420. The van der Waals surface area contributed by atoms with Crippen molar-refractivity contribution in [3.63, 3.8) is 0 Å². The maximum Gasteiger partial charge on any atom is 0.208 e. The average molecular weight is 467 g/mol. The van der Waals surface area contributed by atoms with E-state index in [1.54, 1.807) is 48.5 Å². The Morgan fingerprint density at radius 2 is 1.66 bits per heavy atom. The Morgan fingerprint density at radius 3 is 2.31 bits per heavy atom. The van der Waals surface area contributed by atoms with Gasteiger partial charge >= 0.3 is 0 Å². The second-order valence-corrected chi connectivity index (χ2v) is 7.93. The SMILES string of the molecule is N#Cc1c(Cc2ccc(F)c(F)c2)[nH]c(-c2ccccc2Cl)c(-c2ccc(Cl)cc2)c1=O. The van der Waals surface area contributed by atoms with Crippen LogP contribution in [0.25, 0.3) is 22.4 Å². The minimum atomic E-state index is -1.01. The number of nitriles is 1. The Balaban J connectivity index is 1.99. The van der Waals surface area contributed by atoms with Crippen molar-refractivity contribution >= 4 is 23.2 Å². The van der Waals surface area contributed by atoms with Gasteiger partial charge in [0.05, 0.1) is 11.3 Å². The van der Waals surface area contributed by atoms with Gasteiger partial charge in [-0.3, -0.25) is 4.79 Å². The molecule has 158 valence electrons. The third kappa shape index (κ3) is 4.16. The predicted octanol–water partition coefficient (Wildman–Crippen LogP) is 6.76. The van der Waals surface area contributed by atoms with E-state index in [4.69, 9.17) is 23.2 Å². The normalized spacial score (nSPS) is 10.7. The molecule has 7 heteroatoms. The first kappa shape index (κ1) is 21.8. The first-order chi connectivity index (χ1) is 15.4. The molecular weight excluding hydrogens is 453 g/mol. The summed E-state index contributed by atoms with van der Waals surface area (Å²) in [4.78, 5) is 16.6. The first-order valence-corrected chi connectivity index (χ1v) is 10.3. The Hall–Kier alpha value is -3.46. The molecule has 0 bridgehead atoms. The van der Waals surface area contributed by atoms with Gasteiger partial charge in [0.25, 0.3) is 0 Å². The molecule has 1 aromatic heterocycles. The zero-order chi connectivity index (χ0) is 22.8. The smallest absolute Gasteiger partial charge is 0.208 e. The molecule has 0 saturated heterocycles. The van der Waals surface area contributed by atoms with Gasteiger partial charge in [-0.1, -0.05) is 59.6 Å². The van der Waals surface area contributed by atoms with Crippen LogP contribution in [0.5, 0.6) is 0 Å². The molecule has 0 aliphatic heterocycles. The summed E-state index contributed by atoms with van der Waals surface area (Å²) in [5.74, 6) is -1.98. The summed E-state index contributed by atoms with van der Waals surface area (Å²) in [6.45, 7) is 0. The van der Waals surface area contributed by atoms with Gasteiger partial charge in [-0.05, 0) is 41.5 Å². The molecule has 0 saturated carbocycles. The van der Waals surface area contributed by atoms with Crippen molar-refractivity contribution in [3.05, 3.63) is 115 Å². The highest BCUT2D eigenvalue weighted by molar-refractivity contribution is 6.33. The van der Waals surface area contributed by atoms with Crippen LogP contribution in [0.3, 0.4) is 0 Å². The van der Waals surface area contributed by atoms with Crippen LogP contribution in [0, 0.1) is 23.0 Å². The minimum Gasteiger partial charge on any atom is -0.356 e. The van der Waals surface area contributed by atoms with E-state index in [9.17, 15) is 18.8 Å². The number of aromatic amines is 1. The van der Waals surface area contributed by atoms with E-state index in [1.807, 2.05) is 6.07 Å². The summed E-state index contributed by atoms with van der Waals surface area (Å²) >= 11 is 12.4. The van der Waals surface area contributed by atoms with Crippen LogP contribution in [0.2, 0.25) is 10.0 Å². The maximum absolute atomic E-state index is 13.7. The van der Waals surface area contributed by atoms with Crippen molar-refractivity contribution in [2.24, 2.45) is 0 Å². The van der Waals surface area contributed by atoms with Gasteiger partial charge in [-0.25, -0.2) is 8.78 Å². The van der Waals surface area contributed by atoms with E-state index in [1.165, 1.54) is 6.07 Å². The zero-order valence-electron chi connectivity index (χ0n) is 16.4. The van der Waals surface area contributed by atoms with Crippen molar-refractivity contribution in [1.29, 1.82) is 5.26 Å². The molecule has 0 unspecified atom stereocenters. The monoisotopic (exact) mass is 466 g/mol. The zero-order valence-corrected chi connectivity index (χ0v) is 17.9. The number of rotatable bonds is 4. The topological polar surface area (TPSA) is 56.6 Å². The summed E-state index contributed by atoms with van der Waals surface area (Å²) in [6, 6.07) is 19.0. The Labute approximate surface area is 192 Å². The molecule has 3 aromatic carbocycles. The van der Waals surface area contributed by atoms with Crippen molar-refractivity contribution in [2.75, 3.05) is 0 Å². The van der Waals surface area contributed by atoms with Gasteiger partial charge in [0.2, 0.25) is 5.43 Å². The molecule has 1 N–H and O–H groups in total. The lowest BCUT2D eigenvalue weighted by Crippen LogP contribution is -2.17. The van der Waals surface area contributed by atoms with Crippen molar-refractivity contribution in [2.45, 2.75) is 6.42 Å². The third-order valence-electron chi connectivity index (χ3n) is 5.03. The van der Waals surface area contributed by atoms with E-state index in [0.29, 0.717) is 32.4 Å². The summed E-state index contributed by atoms with van der Waals surface area (Å²) in [7, 11) is 0. The summed E-state index contributed by atoms with van der Waals surface area (Å²) < 4.78 is 27.1. The van der Waals surface area contributed by atoms with Crippen molar-refractivity contribution < 1.29 is 8.78 Å². The van der Waals surface area contributed by atoms with Crippen molar-refractivity contribution in [3.8, 4) is 28.5 Å². The summed E-state index contributed by atoms with van der Waals surface area (Å²) in [6.07, 6.45) is 0.0215. The number of nitrogens with zero attached hydrogens (tertiary/aromatic N) is 1. The van der Waals surface area contributed by atoms with Gasteiger partial charge in [0.1, 0.15) is 11.6 Å². The molecule has 0 fully saturated rings. The van der Waals surface area contributed by atoms with E-state index in [2.05, 4.69) is 4.98 Å². The summed E-state index contributed by atoms with van der Waals surface area (Å²) in [5, 5.41) is 10.7. The number of benzene rings is 3.